The number of imidazole rings is 1. The quantitative estimate of drug-likeness (QED) is 0.562. The maximum atomic E-state index is 4.29. The van der Waals surface area contributed by atoms with E-state index in [1.54, 1.807) is 11.3 Å². The van der Waals surface area contributed by atoms with E-state index in [-0.39, 0.29) is 0 Å². The lowest BCUT2D eigenvalue weighted by Gasteiger charge is -1.85. The smallest absolute Gasteiger partial charge is 0.194 e. The minimum atomic E-state index is 0.997. The summed E-state index contributed by atoms with van der Waals surface area (Å²) in [4.78, 5) is 5.32. The lowest BCUT2D eigenvalue weighted by molar-refractivity contribution is 1.17. The summed E-state index contributed by atoms with van der Waals surface area (Å²) in [5.74, 6) is 0. The molecule has 10 heavy (non-hydrogen) atoms. The van der Waals surface area contributed by atoms with E-state index < -0.39 is 0 Å². The minimum absolute atomic E-state index is 0.997. The molecule has 0 aromatic carbocycles. The Kier molecular flexibility index (Phi) is 1.08. The van der Waals surface area contributed by atoms with Crippen LogP contribution < -0.4 is 0 Å². The summed E-state index contributed by atoms with van der Waals surface area (Å²) in [6, 6.07) is 0. The normalized spacial score (nSPS) is 11.0. The lowest BCUT2D eigenvalue weighted by Crippen LogP contribution is -1.80. The van der Waals surface area contributed by atoms with Crippen LogP contribution >= 0.6 is 11.3 Å². The van der Waals surface area contributed by atoms with Crippen LogP contribution in [0.5, 0.6) is 0 Å². The van der Waals surface area contributed by atoms with Gasteiger partial charge >= 0.3 is 0 Å². The zero-order valence-corrected chi connectivity index (χ0v) is 6.48. The van der Waals surface area contributed by atoms with Gasteiger partial charge in [-0.2, -0.15) is 0 Å². The number of aromatic nitrogens is 2. The molecule has 0 aliphatic heterocycles. The molecule has 51 valence electrons. The minimum Gasteiger partial charge on any atom is -0.294 e. The van der Waals surface area contributed by atoms with E-state index in [1.807, 2.05) is 22.9 Å². The molecular weight excluding hydrogens is 144 g/mol. The van der Waals surface area contributed by atoms with Crippen molar-refractivity contribution in [2.45, 2.75) is 6.92 Å². The second-order valence-electron chi connectivity index (χ2n) is 2.20. The zero-order chi connectivity index (χ0) is 7.14. The third-order valence-electron chi connectivity index (χ3n) is 1.56. The molecule has 0 unspecified atom stereocenters. The van der Waals surface area contributed by atoms with Gasteiger partial charge < -0.3 is 0 Å². The van der Waals surface area contributed by atoms with Crippen LogP contribution in [0.2, 0.25) is 0 Å². The summed E-state index contributed by atoms with van der Waals surface area (Å²) < 4.78 is 2.00. The van der Waals surface area contributed by atoms with Gasteiger partial charge in [-0.05, 0) is 13.8 Å². The molecule has 0 aliphatic carbocycles. The van der Waals surface area contributed by atoms with Crippen molar-refractivity contribution in [1.29, 1.82) is 0 Å². The molecule has 3 heteroatoms. The molecule has 2 heterocycles. The zero-order valence-electron chi connectivity index (χ0n) is 5.66. The van der Waals surface area contributed by atoms with Crippen LogP contribution in [0.15, 0.2) is 11.6 Å². The van der Waals surface area contributed by atoms with Gasteiger partial charge in [0.25, 0.3) is 0 Å². The lowest BCUT2D eigenvalue weighted by atomic mass is 10.4. The predicted octanol–water partition coefficient (Wildman–Crippen LogP) is 1.89. The number of fused-ring (bicyclic) bond motifs is 1. The highest BCUT2D eigenvalue weighted by atomic mass is 32.1. The summed E-state index contributed by atoms with van der Waals surface area (Å²) in [5, 5.41) is 2.01. The first kappa shape index (κ1) is 5.92. The van der Waals surface area contributed by atoms with Crippen molar-refractivity contribution in [3.63, 3.8) is 0 Å². The highest BCUT2D eigenvalue weighted by Crippen LogP contribution is 2.14. The monoisotopic (exact) mass is 151 g/mol. The summed E-state index contributed by atoms with van der Waals surface area (Å²) >= 11 is 1.63. The van der Waals surface area contributed by atoms with Crippen molar-refractivity contribution in [3.8, 4) is 0 Å². The van der Waals surface area contributed by atoms with Gasteiger partial charge in [-0.1, -0.05) is 0 Å². The largest absolute Gasteiger partial charge is 0.294 e. The van der Waals surface area contributed by atoms with Crippen LogP contribution in [0.1, 0.15) is 11.4 Å². The molecule has 0 N–H and O–H groups in total. The molecule has 0 spiro atoms. The molecule has 0 bridgehead atoms. The van der Waals surface area contributed by atoms with Crippen LogP contribution in [-0.2, 0) is 0 Å². The molecular formula is C7H7N2S. The fraction of sp³-hybridized carbons (Fsp3) is 0.143. The molecule has 1 radical (unpaired) electrons. The Balaban J connectivity index is 2.95. The van der Waals surface area contributed by atoms with Gasteiger partial charge in [0, 0.05) is 17.3 Å². The van der Waals surface area contributed by atoms with Gasteiger partial charge in [-0.15, -0.1) is 11.3 Å². The van der Waals surface area contributed by atoms with Crippen molar-refractivity contribution in [1.82, 2.24) is 9.38 Å². The van der Waals surface area contributed by atoms with E-state index in [0.717, 1.165) is 16.3 Å². The number of nitrogens with zero attached hydrogens (tertiary/aromatic N) is 2. The molecule has 0 fully saturated rings. The van der Waals surface area contributed by atoms with Crippen LogP contribution in [0.25, 0.3) is 4.96 Å². The molecule has 0 aliphatic rings. The molecule has 0 saturated carbocycles. The van der Waals surface area contributed by atoms with Crippen LogP contribution in [-0.4, -0.2) is 9.38 Å². The van der Waals surface area contributed by atoms with Crippen LogP contribution in [0.3, 0.4) is 0 Å². The van der Waals surface area contributed by atoms with Crippen LogP contribution in [0, 0.1) is 13.8 Å². The van der Waals surface area contributed by atoms with Gasteiger partial charge in [-0.3, -0.25) is 4.40 Å². The maximum Gasteiger partial charge on any atom is 0.194 e. The third-order valence-corrected chi connectivity index (χ3v) is 2.32. The Morgan fingerprint density at radius 3 is 3.20 bits per heavy atom. The van der Waals surface area contributed by atoms with Crippen molar-refractivity contribution in [2.75, 3.05) is 0 Å². The van der Waals surface area contributed by atoms with Crippen molar-refractivity contribution in [2.24, 2.45) is 0 Å². The van der Waals surface area contributed by atoms with Gasteiger partial charge in [0.05, 0.1) is 5.69 Å². The highest BCUT2D eigenvalue weighted by Gasteiger charge is 2.02. The SMILES string of the molecule is [CH2]c1c(C)nc2sccn12. The molecule has 2 nitrogen and oxygen atoms in total. The summed E-state index contributed by atoms with van der Waals surface area (Å²) in [6.07, 6.45) is 1.99. The maximum absolute atomic E-state index is 4.29. The van der Waals surface area contributed by atoms with Crippen molar-refractivity contribution >= 4 is 16.3 Å². The molecule has 2 rings (SSSR count). The first-order chi connectivity index (χ1) is 4.79. The molecule has 0 saturated heterocycles. The van der Waals surface area contributed by atoms with E-state index in [0.29, 0.717) is 0 Å². The van der Waals surface area contributed by atoms with E-state index in [1.165, 1.54) is 0 Å². The summed E-state index contributed by atoms with van der Waals surface area (Å²) in [7, 11) is 0. The predicted molar refractivity (Wildman–Crippen MR) is 42.3 cm³/mol. The summed E-state index contributed by atoms with van der Waals surface area (Å²) in [5.41, 5.74) is 2.02. The standard InChI is InChI=1S/C7H7N2S/c1-5-6(2)9-3-4-10-7(9)8-5/h3-4H,2H2,1H3. The Bertz CT molecular complexity index is 358. The number of hydrogen-bond donors (Lipinski definition) is 0. The molecule has 2 aromatic heterocycles. The van der Waals surface area contributed by atoms with Gasteiger partial charge in [-0.25, -0.2) is 4.98 Å². The topological polar surface area (TPSA) is 17.3 Å². The van der Waals surface area contributed by atoms with E-state index >= 15 is 0 Å². The van der Waals surface area contributed by atoms with Gasteiger partial charge in [0.2, 0.25) is 0 Å². The third kappa shape index (κ3) is 0.609. The van der Waals surface area contributed by atoms with E-state index in [2.05, 4.69) is 11.9 Å². The number of aryl methyl sites for hydroxylation is 1. The second-order valence-corrected chi connectivity index (χ2v) is 3.07. The first-order valence-corrected chi connectivity index (χ1v) is 3.91. The molecule has 0 amide bonds. The van der Waals surface area contributed by atoms with Crippen molar-refractivity contribution < 1.29 is 0 Å². The van der Waals surface area contributed by atoms with Gasteiger partial charge in [0.1, 0.15) is 0 Å². The van der Waals surface area contributed by atoms with E-state index in [4.69, 9.17) is 0 Å². The molecule has 0 atom stereocenters. The second kappa shape index (κ2) is 1.83. The van der Waals surface area contributed by atoms with Crippen LogP contribution in [0.4, 0.5) is 0 Å². The first-order valence-electron chi connectivity index (χ1n) is 3.03. The average Bonchev–Trinajstić information content (AvgIpc) is 2.41. The number of hydrogen-bond acceptors (Lipinski definition) is 2. The highest BCUT2D eigenvalue weighted by molar-refractivity contribution is 7.15. The number of thiazole rings is 1. The summed E-state index contributed by atoms with van der Waals surface area (Å²) in [6.45, 7) is 5.86. The average molecular weight is 151 g/mol. The Hall–Kier alpha value is -0.830. The Morgan fingerprint density at radius 1 is 1.70 bits per heavy atom. The molecule has 2 aromatic rings. The Morgan fingerprint density at radius 2 is 2.50 bits per heavy atom. The van der Waals surface area contributed by atoms with Gasteiger partial charge in [0.15, 0.2) is 4.96 Å². The van der Waals surface area contributed by atoms with E-state index in [9.17, 15) is 0 Å². The fourth-order valence-electron chi connectivity index (χ4n) is 0.941. The number of rotatable bonds is 0. The Labute approximate surface area is 63.1 Å². The fourth-order valence-corrected chi connectivity index (χ4v) is 1.72. The van der Waals surface area contributed by atoms with Crippen molar-refractivity contribution in [3.05, 3.63) is 29.9 Å².